The van der Waals surface area contributed by atoms with E-state index < -0.39 is 0 Å². The lowest BCUT2D eigenvalue weighted by molar-refractivity contribution is 0.591. The van der Waals surface area contributed by atoms with Crippen LogP contribution in [0.2, 0.25) is 0 Å². The second-order valence-corrected chi connectivity index (χ2v) is 39.7. The summed E-state index contributed by atoms with van der Waals surface area (Å²) < 4.78 is 4.84. The molecular weight excluding hydrogens is 1730 g/mol. The van der Waals surface area contributed by atoms with E-state index in [1.54, 1.807) is 0 Å². The number of aromatic nitrogens is 2. The molecule has 2 aromatic heterocycles. The highest BCUT2D eigenvalue weighted by Gasteiger charge is 2.36. The van der Waals surface area contributed by atoms with Gasteiger partial charge in [0.25, 0.3) is 0 Å². The molecule has 26 aromatic rings. The van der Waals surface area contributed by atoms with Gasteiger partial charge in [-0.25, -0.2) is 0 Å². The Kier molecular flexibility index (Phi) is 20.8. The molecule has 0 saturated heterocycles. The molecule has 0 atom stereocenters. The number of hydrogen-bond donors (Lipinski definition) is 0. The fourth-order valence-corrected chi connectivity index (χ4v) is 23.2. The largest absolute Gasteiger partial charge is 0.310 e. The van der Waals surface area contributed by atoms with Crippen LogP contribution in [0.1, 0.15) is 51.3 Å². The molecule has 676 valence electrons. The third kappa shape index (κ3) is 14.7. The van der Waals surface area contributed by atoms with Gasteiger partial charge in [0.05, 0.1) is 22.1 Å². The first kappa shape index (κ1) is 85.5. The van der Waals surface area contributed by atoms with Gasteiger partial charge in [0, 0.05) is 72.5 Å². The minimum atomic E-state index is -0.0897. The average molecular weight is 1830 g/mol. The highest BCUT2D eigenvalue weighted by atomic mass is 15.2. The smallest absolute Gasteiger partial charge is 0.0542 e. The molecule has 0 unspecified atom stereocenters. The number of anilines is 6. The van der Waals surface area contributed by atoms with E-state index in [0.29, 0.717) is 0 Å². The van der Waals surface area contributed by atoms with Crippen molar-refractivity contribution in [2.45, 2.75) is 45.4 Å². The van der Waals surface area contributed by atoms with Crippen molar-refractivity contribution in [3.63, 3.8) is 0 Å². The molecule has 0 bridgehead atoms. The summed E-state index contributed by atoms with van der Waals surface area (Å²) in [6, 6.07) is 190. The summed E-state index contributed by atoms with van der Waals surface area (Å²) in [5.41, 5.74) is 37.4. The highest BCUT2D eigenvalue weighted by molar-refractivity contribution is 6.24. The van der Waals surface area contributed by atoms with Crippen molar-refractivity contribution in [3.05, 3.63) is 532 Å². The van der Waals surface area contributed by atoms with E-state index in [-0.39, 0.29) is 10.8 Å². The monoisotopic (exact) mass is 1820 g/mol. The Balaban J connectivity index is 0.000000148. The normalized spacial score (nSPS) is 12.3. The van der Waals surface area contributed by atoms with E-state index in [0.717, 1.165) is 51.0 Å². The maximum absolute atomic E-state index is 2.44. The molecule has 1 aliphatic rings. The van der Waals surface area contributed by atoms with Crippen LogP contribution >= 0.6 is 0 Å². The standard InChI is InChI=1S/C75H52N2.C64H48N2/c1-75(2)69-31-16-15-25-61(69)62-43-36-54(47-70(62)75)53-37-44-71-67(46-53)68-48-58(42-45-72(68)77(71)55-22-7-4-8-23-55)76(56-38-32-50(33-39-56)60-30-17-21-49-18-9-10-24-59(49)60)57-40-34-52(35-41-57)74-65-28-13-11-26-63(65)73(51-19-5-3-6-20-51)64-27-12-14-29-66(64)74;1-64(2,3)47-33-39-60-58(41-47)59-42-51(38-40-61(59)66(60)48-21-8-5-9-22-48)65(49-34-29-44(30-35-49)53-28-16-20-43-17-10-11-23-52(43)53)50-36-31-46(32-37-50)63-56-26-14-12-24-54(56)62(45-18-6-4-7-19-45)55-25-13-15-27-57(55)63/h3-48H,1-2H3;4-42H,1-3H3. The minimum absolute atomic E-state index is 0.00505. The Labute approximate surface area is 833 Å². The second kappa shape index (κ2) is 34.9. The molecule has 0 amide bonds. The van der Waals surface area contributed by atoms with E-state index >= 15 is 0 Å². The zero-order valence-electron chi connectivity index (χ0n) is 80.4. The summed E-state index contributed by atoms with van der Waals surface area (Å²) in [6.07, 6.45) is 0. The predicted molar refractivity (Wildman–Crippen MR) is 610 cm³/mol. The van der Waals surface area contributed by atoms with Gasteiger partial charge in [-0.3, -0.25) is 0 Å². The number of hydrogen-bond acceptors (Lipinski definition) is 2. The summed E-state index contributed by atoms with van der Waals surface area (Å²) in [7, 11) is 0. The van der Waals surface area contributed by atoms with Gasteiger partial charge in [-0.05, 0) is 315 Å². The maximum Gasteiger partial charge on any atom is 0.0542 e. The number of fused-ring (bicyclic) bond motifs is 15. The van der Waals surface area contributed by atoms with Gasteiger partial charge in [-0.15, -0.1) is 0 Å². The minimum Gasteiger partial charge on any atom is -0.310 e. The fraction of sp³-hybridized carbons (Fsp3) is 0.0504. The summed E-state index contributed by atoms with van der Waals surface area (Å²) in [4.78, 5) is 4.85. The van der Waals surface area contributed by atoms with Crippen molar-refractivity contribution in [2.24, 2.45) is 0 Å². The lowest BCUT2D eigenvalue weighted by atomic mass is 9.81. The number of rotatable bonds is 15. The van der Waals surface area contributed by atoms with Crippen LogP contribution in [0.15, 0.2) is 516 Å². The van der Waals surface area contributed by atoms with Crippen molar-refractivity contribution in [1.82, 2.24) is 9.13 Å². The van der Waals surface area contributed by atoms with Crippen molar-refractivity contribution in [3.8, 4) is 100 Å². The second-order valence-electron chi connectivity index (χ2n) is 39.7. The quantitative estimate of drug-likeness (QED) is 0.0951. The highest BCUT2D eigenvalue weighted by Crippen LogP contribution is 2.54. The number of nitrogens with zero attached hydrogens (tertiary/aromatic N) is 4. The molecule has 0 aliphatic heterocycles. The van der Waals surface area contributed by atoms with Gasteiger partial charge >= 0.3 is 0 Å². The zero-order chi connectivity index (χ0) is 95.5. The first-order chi connectivity index (χ1) is 70.3. The van der Waals surface area contributed by atoms with Crippen LogP contribution in [0, 0.1) is 0 Å². The van der Waals surface area contributed by atoms with Crippen LogP contribution in [0.25, 0.3) is 209 Å². The van der Waals surface area contributed by atoms with Crippen molar-refractivity contribution >= 4 is 142 Å². The van der Waals surface area contributed by atoms with Crippen molar-refractivity contribution in [2.75, 3.05) is 9.80 Å². The van der Waals surface area contributed by atoms with E-state index in [1.807, 2.05) is 0 Å². The van der Waals surface area contributed by atoms with Crippen LogP contribution in [-0.2, 0) is 10.8 Å². The number of para-hydroxylation sites is 2. The maximum atomic E-state index is 2.44. The van der Waals surface area contributed by atoms with Crippen molar-refractivity contribution < 1.29 is 0 Å². The van der Waals surface area contributed by atoms with Crippen LogP contribution in [0.4, 0.5) is 34.1 Å². The third-order valence-corrected chi connectivity index (χ3v) is 30.1. The Morgan fingerprint density at radius 3 is 0.853 bits per heavy atom. The zero-order valence-corrected chi connectivity index (χ0v) is 80.4. The molecule has 27 rings (SSSR count). The first-order valence-corrected chi connectivity index (χ1v) is 49.8. The van der Waals surface area contributed by atoms with Gasteiger partial charge in [-0.2, -0.15) is 0 Å². The molecule has 0 fully saturated rings. The number of benzene rings is 24. The van der Waals surface area contributed by atoms with Gasteiger partial charge in [-0.1, -0.05) is 411 Å². The molecule has 0 N–H and O–H groups in total. The van der Waals surface area contributed by atoms with E-state index in [9.17, 15) is 0 Å². The molecule has 0 radical (unpaired) electrons. The topological polar surface area (TPSA) is 16.3 Å². The van der Waals surface area contributed by atoms with Crippen molar-refractivity contribution in [1.29, 1.82) is 0 Å². The lowest BCUT2D eigenvalue weighted by Gasteiger charge is -2.26. The van der Waals surface area contributed by atoms with Crippen LogP contribution < -0.4 is 9.80 Å². The molecule has 4 heteroatoms. The Morgan fingerprint density at radius 2 is 0.455 bits per heavy atom. The Hall–Kier alpha value is -18.0. The van der Waals surface area contributed by atoms with E-state index in [2.05, 4.69) is 569 Å². The predicted octanol–water partition coefficient (Wildman–Crippen LogP) is 38.7. The molecule has 143 heavy (non-hydrogen) atoms. The van der Waals surface area contributed by atoms with E-state index in [1.165, 1.54) is 208 Å². The molecule has 2 heterocycles. The van der Waals surface area contributed by atoms with Gasteiger partial charge in [0.1, 0.15) is 0 Å². The van der Waals surface area contributed by atoms with E-state index in [4.69, 9.17) is 0 Å². The van der Waals surface area contributed by atoms with Gasteiger partial charge < -0.3 is 18.9 Å². The molecule has 24 aromatic carbocycles. The average Bonchev–Trinajstić information content (AvgIpc) is 1.61. The summed E-state index contributed by atoms with van der Waals surface area (Å²) in [6.45, 7) is 11.6. The molecule has 4 nitrogen and oxygen atoms in total. The fourth-order valence-electron chi connectivity index (χ4n) is 23.2. The Morgan fingerprint density at radius 1 is 0.182 bits per heavy atom. The first-order valence-electron chi connectivity index (χ1n) is 49.8. The van der Waals surface area contributed by atoms with Gasteiger partial charge in [0.2, 0.25) is 0 Å². The SMILES string of the molecule is CC(C)(C)c1ccc2c(c1)c1cc(N(c3ccc(-c4cccc5ccccc45)cc3)c3ccc(-c4c5ccccc5c(-c5ccccc5)c5ccccc45)cc3)ccc1n2-c1ccccc1.CC1(C)c2ccccc2-c2ccc(-c3ccc4c(c3)c3cc(N(c5ccc(-c6cccc7ccccc67)cc5)c5ccc(-c6c7ccccc7c(-c7ccccc7)c7ccccc67)cc5)ccc3n4-c3ccccc3)cc21. The summed E-state index contributed by atoms with van der Waals surface area (Å²) in [5.74, 6) is 0. The molecular formula is C139H100N4. The van der Waals surface area contributed by atoms with Crippen LogP contribution in [0.3, 0.4) is 0 Å². The molecule has 1 aliphatic carbocycles. The summed E-state index contributed by atoms with van der Waals surface area (Å²) in [5, 5.41) is 19.9. The third-order valence-electron chi connectivity index (χ3n) is 30.1. The Bertz CT molecular complexity index is 9350. The lowest BCUT2D eigenvalue weighted by Crippen LogP contribution is -2.14. The van der Waals surface area contributed by atoms with Crippen LogP contribution in [0.5, 0.6) is 0 Å². The summed E-state index contributed by atoms with van der Waals surface area (Å²) >= 11 is 0. The van der Waals surface area contributed by atoms with Gasteiger partial charge in [0.15, 0.2) is 0 Å². The molecule has 0 spiro atoms. The van der Waals surface area contributed by atoms with Crippen LogP contribution in [-0.4, -0.2) is 9.13 Å². The molecule has 0 saturated carbocycles.